The number of carbonyl (C=O) groups is 2. The number of aliphatic hydroxyl groups excluding tert-OH is 2. The van der Waals surface area contributed by atoms with Crippen LogP contribution in [0.2, 0.25) is 0 Å². The molecule has 2 unspecified atom stereocenters. The van der Waals surface area contributed by atoms with Crippen molar-refractivity contribution in [2.24, 2.45) is 0 Å². The molecule has 0 radical (unpaired) electrons. The Morgan fingerprint density at radius 3 is 1.78 bits per heavy atom. The first-order valence-electron chi connectivity index (χ1n) is 21.4. The molecule has 0 aliphatic heterocycles. The van der Waals surface area contributed by atoms with Gasteiger partial charge in [-0.25, -0.2) is 9.13 Å². The lowest BCUT2D eigenvalue weighted by atomic mass is 10.1. The van der Waals surface area contributed by atoms with Gasteiger partial charge in [-0.05, 0) is 70.6 Å². The van der Waals surface area contributed by atoms with Gasteiger partial charge in [0.15, 0.2) is 6.10 Å². The number of allylic oxidation sites excluding steroid dienone is 12. The predicted octanol–water partition coefficient (Wildman–Crippen LogP) is 9.75. The summed E-state index contributed by atoms with van der Waals surface area (Å²) in [4.78, 5) is 52.6. The largest absolute Gasteiger partial charge is 0.472 e. The number of rotatable bonds is 39. The molecule has 0 amide bonds. The van der Waals surface area contributed by atoms with Crippen molar-refractivity contribution in [3.63, 3.8) is 0 Å². The number of ether oxygens (including phenoxy) is 2. The summed E-state index contributed by atoms with van der Waals surface area (Å²) in [7, 11) is -9.72. The Balaban J connectivity index is 4.72. The zero-order valence-corrected chi connectivity index (χ0v) is 37.7. The van der Waals surface area contributed by atoms with Crippen molar-refractivity contribution >= 4 is 27.6 Å². The molecule has 0 aromatic rings. The number of aliphatic hydroxyl groups is 2. The van der Waals surface area contributed by atoms with Gasteiger partial charge in [0.25, 0.3) is 0 Å². The molecule has 60 heavy (non-hydrogen) atoms. The fourth-order valence-electron chi connectivity index (χ4n) is 5.10. The van der Waals surface area contributed by atoms with Crippen LogP contribution < -0.4 is 0 Å². The van der Waals surface area contributed by atoms with E-state index in [-0.39, 0.29) is 12.8 Å². The van der Waals surface area contributed by atoms with Gasteiger partial charge in [-0.15, -0.1) is 0 Å². The molecule has 0 rings (SSSR count). The Morgan fingerprint density at radius 2 is 1.13 bits per heavy atom. The Kier molecular flexibility index (Phi) is 37.3. The molecule has 0 aromatic carbocycles. The fraction of sp³-hybridized carbons (Fsp3) is 0.636. The monoisotopic (exact) mass is 888 g/mol. The van der Waals surface area contributed by atoms with Gasteiger partial charge in [0.2, 0.25) is 0 Å². The molecule has 4 atom stereocenters. The topological polar surface area (TPSA) is 216 Å². The second-order valence-corrected chi connectivity index (χ2v) is 16.8. The summed E-state index contributed by atoms with van der Waals surface area (Å²) in [6.07, 6.45) is 40.7. The van der Waals surface area contributed by atoms with Crippen LogP contribution in [0.15, 0.2) is 85.1 Å². The van der Waals surface area contributed by atoms with E-state index in [0.717, 1.165) is 57.8 Å². The van der Waals surface area contributed by atoms with Crippen molar-refractivity contribution in [3.05, 3.63) is 85.1 Å². The minimum atomic E-state index is -4.88. The van der Waals surface area contributed by atoms with Crippen molar-refractivity contribution in [2.75, 3.05) is 26.4 Å². The van der Waals surface area contributed by atoms with Crippen molar-refractivity contribution in [2.45, 2.75) is 154 Å². The average molecular weight is 889 g/mol. The van der Waals surface area contributed by atoms with Crippen LogP contribution in [0, 0.1) is 0 Å². The Bertz CT molecular complexity index is 1400. The minimum Gasteiger partial charge on any atom is -0.462 e. The molecule has 0 aliphatic carbocycles. The molecular formula is C44H74O14P2. The van der Waals surface area contributed by atoms with Crippen LogP contribution >= 0.6 is 15.6 Å². The zero-order valence-electron chi connectivity index (χ0n) is 35.9. The van der Waals surface area contributed by atoms with Gasteiger partial charge in [-0.3, -0.25) is 23.2 Å². The van der Waals surface area contributed by atoms with Crippen LogP contribution in [-0.4, -0.2) is 81.6 Å². The van der Waals surface area contributed by atoms with Crippen LogP contribution in [-0.2, 0) is 41.8 Å². The fourth-order valence-corrected chi connectivity index (χ4v) is 6.25. The van der Waals surface area contributed by atoms with Crippen molar-refractivity contribution < 1.29 is 66.7 Å². The van der Waals surface area contributed by atoms with Crippen molar-refractivity contribution in [1.82, 2.24) is 0 Å². The first-order chi connectivity index (χ1) is 28.8. The van der Waals surface area contributed by atoms with Crippen molar-refractivity contribution in [3.8, 4) is 0 Å². The van der Waals surface area contributed by atoms with E-state index < -0.39 is 72.3 Å². The lowest BCUT2D eigenvalue weighted by Crippen LogP contribution is -2.29. The van der Waals surface area contributed by atoms with Crippen LogP contribution in [0.5, 0.6) is 0 Å². The molecule has 0 spiro atoms. The molecule has 16 heteroatoms. The van der Waals surface area contributed by atoms with Crippen LogP contribution in [0.1, 0.15) is 136 Å². The van der Waals surface area contributed by atoms with E-state index in [1.54, 1.807) is 6.08 Å². The molecule has 5 N–H and O–H groups in total. The van der Waals surface area contributed by atoms with Crippen LogP contribution in [0.3, 0.4) is 0 Å². The molecule has 0 saturated heterocycles. The maximum Gasteiger partial charge on any atom is 0.472 e. The second-order valence-electron chi connectivity index (χ2n) is 14.1. The van der Waals surface area contributed by atoms with E-state index in [9.17, 15) is 33.8 Å². The lowest BCUT2D eigenvalue weighted by Gasteiger charge is -2.20. The SMILES string of the molecule is CC/C=C\CC(O)/C=C/C=C/C/C=C\C/C=C\C/C=C\CCC(=O)O[C@H](COC(=O)CCCCCCC/C=C\CCCCCC)COP(=O)(O)OC[C@@H](O)COP(=O)(O)O. The van der Waals surface area contributed by atoms with Crippen LogP contribution in [0.4, 0.5) is 0 Å². The summed E-state index contributed by atoms with van der Waals surface area (Å²) in [5.74, 6) is -1.17. The molecule has 0 aliphatic rings. The maximum atomic E-state index is 12.6. The summed E-state index contributed by atoms with van der Waals surface area (Å²) >= 11 is 0. The maximum absolute atomic E-state index is 12.6. The summed E-state index contributed by atoms with van der Waals surface area (Å²) < 4.78 is 47.6. The molecule has 14 nitrogen and oxygen atoms in total. The molecule has 0 fully saturated rings. The number of esters is 2. The third-order valence-corrected chi connectivity index (χ3v) is 9.79. The number of hydrogen-bond donors (Lipinski definition) is 5. The lowest BCUT2D eigenvalue weighted by molar-refractivity contribution is -0.161. The highest BCUT2D eigenvalue weighted by Crippen LogP contribution is 2.43. The van der Waals surface area contributed by atoms with E-state index in [1.165, 1.54) is 25.7 Å². The van der Waals surface area contributed by atoms with Gasteiger partial charge in [0, 0.05) is 12.8 Å². The molecule has 0 heterocycles. The van der Waals surface area contributed by atoms with Crippen LogP contribution in [0.25, 0.3) is 0 Å². The Labute approximate surface area is 359 Å². The van der Waals surface area contributed by atoms with E-state index in [4.69, 9.17) is 23.8 Å². The predicted molar refractivity (Wildman–Crippen MR) is 236 cm³/mol. The van der Waals surface area contributed by atoms with Gasteiger partial charge in [0.1, 0.15) is 12.7 Å². The normalized spacial score (nSPS) is 15.4. The van der Waals surface area contributed by atoms with Gasteiger partial charge >= 0.3 is 27.6 Å². The Morgan fingerprint density at radius 1 is 0.567 bits per heavy atom. The third-order valence-electron chi connectivity index (χ3n) is 8.35. The van der Waals surface area contributed by atoms with E-state index >= 15 is 0 Å². The number of unbranched alkanes of at least 4 members (excludes halogenated alkanes) is 9. The van der Waals surface area contributed by atoms with E-state index in [1.807, 2.05) is 54.7 Å². The average Bonchev–Trinajstić information content (AvgIpc) is 3.20. The minimum absolute atomic E-state index is 0.0151. The molecule has 0 aromatic heterocycles. The summed E-state index contributed by atoms with van der Waals surface area (Å²) in [6.45, 7) is 1.41. The van der Waals surface area contributed by atoms with Gasteiger partial charge in [0.05, 0.1) is 25.9 Å². The molecule has 0 saturated carbocycles. The van der Waals surface area contributed by atoms with Gasteiger partial charge in [-0.2, -0.15) is 0 Å². The van der Waals surface area contributed by atoms with Gasteiger partial charge in [-0.1, -0.05) is 137 Å². The van der Waals surface area contributed by atoms with E-state index in [0.29, 0.717) is 25.7 Å². The molecular weight excluding hydrogens is 814 g/mol. The van der Waals surface area contributed by atoms with E-state index in [2.05, 4.69) is 47.2 Å². The number of hydrogen-bond acceptors (Lipinski definition) is 11. The Hall–Kier alpha value is -2.74. The number of phosphoric acid groups is 2. The third kappa shape index (κ3) is 42.0. The summed E-state index contributed by atoms with van der Waals surface area (Å²) in [5, 5.41) is 19.6. The molecule has 344 valence electrons. The van der Waals surface area contributed by atoms with Crippen molar-refractivity contribution in [1.29, 1.82) is 0 Å². The zero-order chi connectivity index (χ0) is 44.6. The standard InChI is InChI=1S/C44H74O14P2/c1-3-5-7-8-9-10-11-13-17-20-23-26-30-34-43(47)54-38-42(39-57-60(52,53)56-37-41(46)36-55-59(49,50)51)58-44(48)35-31-27-24-21-18-15-12-14-16-19-22-25-29-33-40(45)32-28-6-4-2/h6,10-11,14-16,18,22,24-25,27-29,33,40-42,45-46H,3-5,7-9,12-13,17,19-21,23,26,30-32,34-39H2,1-2H3,(H,52,53)(H2,49,50,51)/b11-10-,16-14-,18-15-,25-22+,27-24-,28-6-,33-29+/t40?,41-,42+/m0/s1. The second kappa shape index (κ2) is 39.1. The number of carbonyl (C=O) groups excluding carboxylic acids is 2. The smallest absolute Gasteiger partial charge is 0.462 e. The molecule has 0 bridgehead atoms. The first-order valence-corrected chi connectivity index (χ1v) is 24.4. The number of phosphoric ester groups is 2. The summed E-state index contributed by atoms with van der Waals surface area (Å²) in [5.41, 5.74) is 0. The summed E-state index contributed by atoms with van der Waals surface area (Å²) in [6, 6.07) is 0. The quantitative estimate of drug-likeness (QED) is 0.0128. The van der Waals surface area contributed by atoms with Gasteiger partial charge < -0.3 is 34.4 Å². The highest BCUT2D eigenvalue weighted by molar-refractivity contribution is 7.47. The highest BCUT2D eigenvalue weighted by atomic mass is 31.2. The highest BCUT2D eigenvalue weighted by Gasteiger charge is 2.28. The first kappa shape index (κ1) is 57.3.